The summed E-state index contributed by atoms with van der Waals surface area (Å²) < 4.78 is 0. The van der Waals surface area contributed by atoms with Gasteiger partial charge in [0.15, 0.2) is 5.11 Å². The van der Waals surface area contributed by atoms with Gasteiger partial charge in [-0.2, -0.15) is 0 Å². The Kier molecular flexibility index (Phi) is 5.93. The maximum Gasteiger partial charge on any atom is 0.270 e. The number of non-ortho nitro benzene ring substituents is 1. The third-order valence-electron chi connectivity index (χ3n) is 3.81. The van der Waals surface area contributed by atoms with Crippen molar-refractivity contribution in [3.63, 3.8) is 0 Å². The van der Waals surface area contributed by atoms with Crippen LogP contribution in [0.1, 0.15) is 5.56 Å². The smallest absolute Gasteiger partial charge is 0.270 e. The van der Waals surface area contributed by atoms with E-state index in [-0.39, 0.29) is 10.8 Å². The van der Waals surface area contributed by atoms with Gasteiger partial charge in [-0.1, -0.05) is 42.5 Å². The van der Waals surface area contributed by atoms with E-state index in [1.807, 2.05) is 42.5 Å². The fourth-order valence-corrected chi connectivity index (χ4v) is 2.67. The van der Waals surface area contributed by atoms with E-state index >= 15 is 0 Å². The Morgan fingerprint density at radius 1 is 0.964 bits per heavy atom. The fraction of sp³-hybridized carbons (Fsp3) is 0. The molecule has 3 N–H and O–H groups in total. The van der Waals surface area contributed by atoms with Crippen molar-refractivity contribution in [1.29, 1.82) is 0 Å². The number of hydrogen-bond donors (Lipinski definition) is 3. The molecule has 3 aromatic carbocycles. The molecule has 28 heavy (non-hydrogen) atoms. The van der Waals surface area contributed by atoms with Crippen molar-refractivity contribution in [3.8, 4) is 0 Å². The zero-order valence-electron chi connectivity index (χ0n) is 14.6. The lowest BCUT2D eigenvalue weighted by molar-refractivity contribution is -0.384. The third-order valence-corrected chi connectivity index (χ3v) is 4.02. The minimum absolute atomic E-state index is 0.0403. The molecule has 0 unspecified atom stereocenters. The summed E-state index contributed by atoms with van der Waals surface area (Å²) in [5.74, 6) is -0.450. The molecule has 0 heterocycles. The monoisotopic (exact) mass is 392 g/mol. The van der Waals surface area contributed by atoms with Gasteiger partial charge in [0.25, 0.3) is 11.6 Å². The maximum atomic E-state index is 11.9. The van der Waals surface area contributed by atoms with Crippen LogP contribution >= 0.6 is 12.2 Å². The standard InChI is InChI=1S/C20H16N4O3S/c25-19(11-8-14-4-3-7-18(12-14)24(26)27)22-23-20(28)21-17-10-9-15-5-1-2-6-16(15)13-17/h1-13H,(H,22,25)(H2,21,23,28)/b11-8+. The molecule has 0 aromatic heterocycles. The Labute approximate surface area is 166 Å². The molecule has 1 amide bonds. The first-order valence-electron chi connectivity index (χ1n) is 8.29. The highest BCUT2D eigenvalue weighted by atomic mass is 32.1. The van der Waals surface area contributed by atoms with Crippen LogP contribution in [0.5, 0.6) is 0 Å². The number of hydrogen-bond acceptors (Lipinski definition) is 4. The van der Waals surface area contributed by atoms with Crippen LogP contribution in [0.15, 0.2) is 72.8 Å². The van der Waals surface area contributed by atoms with Crippen LogP contribution in [0.25, 0.3) is 16.8 Å². The highest BCUT2D eigenvalue weighted by Gasteiger charge is 2.04. The van der Waals surface area contributed by atoms with Gasteiger partial charge in [0.1, 0.15) is 0 Å². The number of carbonyl (C=O) groups is 1. The van der Waals surface area contributed by atoms with Gasteiger partial charge in [0, 0.05) is 23.9 Å². The molecule has 0 saturated carbocycles. The molecule has 0 saturated heterocycles. The first-order chi connectivity index (χ1) is 13.5. The van der Waals surface area contributed by atoms with Crippen LogP contribution in [0.2, 0.25) is 0 Å². The van der Waals surface area contributed by atoms with Crippen molar-refractivity contribution < 1.29 is 9.72 Å². The van der Waals surface area contributed by atoms with E-state index in [0.29, 0.717) is 5.56 Å². The van der Waals surface area contributed by atoms with Gasteiger partial charge >= 0.3 is 0 Å². The van der Waals surface area contributed by atoms with Gasteiger partial charge in [-0.05, 0) is 46.8 Å². The summed E-state index contributed by atoms with van der Waals surface area (Å²) in [6, 6.07) is 19.7. The number of thiocarbonyl (C=S) groups is 1. The van der Waals surface area contributed by atoms with Crippen molar-refractivity contribution in [2.24, 2.45) is 0 Å². The van der Waals surface area contributed by atoms with Crippen molar-refractivity contribution in [3.05, 3.63) is 88.5 Å². The van der Waals surface area contributed by atoms with E-state index in [1.54, 1.807) is 12.1 Å². The number of anilines is 1. The molecule has 0 atom stereocenters. The maximum absolute atomic E-state index is 11.9. The zero-order valence-corrected chi connectivity index (χ0v) is 15.4. The second-order valence-corrected chi connectivity index (χ2v) is 6.22. The van der Waals surface area contributed by atoms with Crippen LogP contribution in [-0.4, -0.2) is 15.9 Å². The zero-order chi connectivity index (χ0) is 19.9. The first kappa shape index (κ1) is 19.0. The van der Waals surface area contributed by atoms with Crippen LogP contribution in [-0.2, 0) is 4.79 Å². The fourth-order valence-electron chi connectivity index (χ4n) is 2.50. The normalized spacial score (nSPS) is 10.6. The van der Waals surface area contributed by atoms with Crippen molar-refractivity contribution in [1.82, 2.24) is 10.9 Å². The van der Waals surface area contributed by atoms with E-state index in [0.717, 1.165) is 16.5 Å². The molecule has 0 bridgehead atoms. The number of benzene rings is 3. The predicted octanol–water partition coefficient (Wildman–Crippen LogP) is 3.78. The molecule has 3 aromatic rings. The average molecular weight is 392 g/mol. The van der Waals surface area contributed by atoms with Gasteiger partial charge in [0.05, 0.1) is 4.92 Å². The largest absolute Gasteiger partial charge is 0.331 e. The van der Waals surface area contributed by atoms with E-state index in [9.17, 15) is 14.9 Å². The lowest BCUT2D eigenvalue weighted by Gasteiger charge is -2.11. The quantitative estimate of drug-likeness (QED) is 0.271. The van der Waals surface area contributed by atoms with E-state index in [2.05, 4.69) is 16.2 Å². The molecule has 140 valence electrons. The van der Waals surface area contributed by atoms with Crippen LogP contribution < -0.4 is 16.2 Å². The molecule has 0 radical (unpaired) electrons. The molecular weight excluding hydrogens is 376 g/mol. The third kappa shape index (κ3) is 5.12. The van der Waals surface area contributed by atoms with E-state index in [1.165, 1.54) is 24.3 Å². The van der Waals surface area contributed by atoms with Crippen molar-refractivity contribution >= 4 is 51.5 Å². The lowest BCUT2D eigenvalue weighted by Crippen LogP contribution is -2.43. The molecule has 0 fully saturated rings. The lowest BCUT2D eigenvalue weighted by atomic mass is 10.1. The first-order valence-corrected chi connectivity index (χ1v) is 8.70. The number of nitrogens with zero attached hydrogens (tertiary/aromatic N) is 1. The SMILES string of the molecule is O=C(/C=C/c1cccc([N+](=O)[O-])c1)NNC(=S)Nc1ccc2ccccc2c1. The van der Waals surface area contributed by atoms with Gasteiger partial charge in [0.2, 0.25) is 0 Å². The number of carbonyl (C=O) groups excluding carboxylic acids is 1. The van der Waals surface area contributed by atoms with Crippen molar-refractivity contribution in [2.45, 2.75) is 0 Å². The summed E-state index contributed by atoms with van der Waals surface area (Å²) in [6.07, 6.45) is 2.73. The molecular formula is C20H16N4O3S. The number of nitrogens with one attached hydrogen (secondary N) is 3. The highest BCUT2D eigenvalue weighted by Crippen LogP contribution is 2.18. The molecule has 8 heteroatoms. The summed E-state index contributed by atoms with van der Waals surface area (Å²) in [5.41, 5.74) is 6.33. The van der Waals surface area contributed by atoms with Gasteiger partial charge in [-0.25, -0.2) is 0 Å². The highest BCUT2D eigenvalue weighted by molar-refractivity contribution is 7.80. The van der Waals surface area contributed by atoms with Gasteiger partial charge in [-0.3, -0.25) is 25.8 Å². The topological polar surface area (TPSA) is 96.3 Å². The molecule has 7 nitrogen and oxygen atoms in total. The number of hydrazine groups is 1. The van der Waals surface area contributed by atoms with Crippen LogP contribution in [0, 0.1) is 10.1 Å². The van der Waals surface area contributed by atoms with E-state index < -0.39 is 10.8 Å². The summed E-state index contributed by atoms with van der Waals surface area (Å²) in [4.78, 5) is 22.2. The average Bonchev–Trinajstić information content (AvgIpc) is 2.71. The number of nitro benzene ring substituents is 1. The molecule has 0 aliphatic rings. The Balaban J connectivity index is 1.52. The molecule has 0 aliphatic carbocycles. The second-order valence-electron chi connectivity index (χ2n) is 5.82. The Hall–Kier alpha value is -3.78. The summed E-state index contributed by atoms with van der Waals surface area (Å²) in [5, 5.41) is 16.2. The minimum atomic E-state index is -0.490. The second kappa shape index (κ2) is 8.74. The molecule has 3 rings (SSSR count). The number of nitro groups is 1. The Morgan fingerprint density at radius 3 is 2.54 bits per heavy atom. The summed E-state index contributed by atoms with van der Waals surface area (Å²) >= 11 is 5.16. The Bertz CT molecular complexity index is 1080. The predicted molar refractivity (Wildman–Crippen MR) is 114 cm³/mol. The number of fused-ring (bicyclic) bond motifs is 1. The van der Waals surface area contributed by atoms with Crippen LogP contribution in [0.4, 0.5) is 11.4 Å². The minimum Gasteiger partial charge on any atom is -0.331 e. The summed E-state index contributed by atoms with van der Waals surface area (Å²) in [7, 11) is 0. The molecule has 0 spiro atoms. The summed E-state index contributed by atoms with van der Waals surface area (Å²) in [6.45, 7) is 0. The van der Waals surface area contributed by atoms with Crippen molar-refractivity contribution in [2.75, 3.05) is 5.32 Å². The molecule has 0 aliphatic heterocycles. The Morgan fingerprint density at radius 2 is 1.75 bits per heavy atom. The number of amides is 1. The van der Waals surface area contributed by atoms with Gasteiger partial charge < -0.3 is 5.32 Å². The van der Waals surface area contributed by atoms with Gasteiger partial charge in [-0.15, -0.1) is 0 Å². The number of rotatable bonds is 4. The van der Waals surface area contributed by atoms with E-state index in [4.69, 9.17) is 12.2 Å². The van der Waals surface area contributed by atoms with Crippen LogP contribution in [0.3, 0.4) is 0 Å².